The Morgan fingerprint density at radius 2 is 2.05 bits per heavy atom. The molecule has 1 atom stereocenters. The van der Waals surface area contributed by atoms with Gasteiger partial charge in [0.25, 0.3) is 0 Å². The Morgan fingerprint density at radius 1 is 1.35 bits per heavy atom. The highest BCUT2D eigenvalue weighted by molar-refractivity contribution is 5.97. The molecule has 0 aromatic heterocycles. The number of rotatable bonds is 5. The van der Waals surface area contributed by atoms with Gasteiger partial charge in [-0.2, -0.15) is 0 Å². The molecule has 2 rings (SSSR count). The summed E-state index contributed by atoms with van der Waals surface area (Å²) in [7, 11) is 0. The van der Waals surface area contributed by atoms with Gasteiger partial charge in [-0.25, -0.2) is 0 Å². The van der Waals surface area contributed by atoms with Crippen LogP contribution >= 0.6 is 0 Å². The number of hydrogen-bond donors (Lipinski definition) is 0. The molecule has 1 aromatic carbocycles. The van der Waals surface area contributed by atoms with Crippen molar-refractivity contribution in [3.63, 3.8) is 0 Å². The number of morpholine rings is 1. The minimum Gasteiger partial charge on any atom is -0.376 e. The van der Waals surface area contributed by atoms with E-state index in [2.05, 4.69) is 37.8 Å². The van der Waals surface area contributed by atoms with Crippen LogP contribution in [0.3, 0.4) is 0 Å². The third kappa shape index (κ3) is 3.90. The number of Topliss-reactive ketones (excluding diaryl/α,β-unsaturated/α-hetero) is 1. The van der Waals surface area contributed by atoms with Crippen molar-refractivity contribution in [3.05, 3.63) is 35.4 Å². The number of ketones is 1. The number of carbonyl (C=O) groups is 1. The van der Waals surface area contributed by atoms with Crippen LogP contribution in [0.1, 0.15) is 49.0 Å². The summed E-state index contributed by atoms with van der Waals surface area (Å²) in [6.07, 6.45) is 1.29. The molecule has 0 N–H and O–H groups in total. The zero-order valence-corrected chi connectivity index (χ0v) is 12.8. The molecule has 0 radical (unpaired) electrons. The summed E-state index contributed by atoms with van der Waals surface area (Å²) in [6.45, 7) is 9.41. The van der Waals surface area contributed by atoms with Crippen molar-refractivity contribution in [2.45, 2.75) is 39.2 Å². The second kappa shape index (κ2) is 7.00. The Balaban J connectivity index is 1.94. The molecular formula is C17H25NO2. The molecule has 0 spiro atoms. The Morgan fingerprint density at radius 3 is 2.65 bits per heavy atom. The van der Waals surface area contributed by atoms with Crippen molar-refractivity contribution in [2.75, 3.05) is 26.2 Å². The van der Waals surface area contributed by atoms with Crippen molar-refractivity contribution in [3.8, 4) is 0 Å². The van der Waals surface area contributed by atoms with Gasteiger partial charge in [-0.05, 0) is 17.9 Å². The van der Waals surface area contributed by atoms with Gasteiger partial charge in [-0.3, -0.25) is 9.69 Å². The van der Waals surface area contributed by atoms with Crippen LogP contribution in [0.25, 0.3) is 0 Å². The summed E-state index contributed by atoms with van der Waals surface area (Å²) in [5.41, 5.74) is 2.09. The van der Waals surface area contributed by atoms with Crippen LogP contribution in [-0.4, -0.2) is 43.0 Å². The lowest BCUT2D eigenvalue weighted by Gasteiger charge is -2.31. The lowest BCUT2D eigenvalue weighted by atomic mass is 10.0. The molecular weight excluding hydrogens is 250 g/mol. The van der Waals surface area contributed by atoms with Crippen LogP contribution in [-0.2, 0) is 4.74 Å². The van der Waals surface area contributed by atoms with Gasteiger partial charge < -0.3 is 4.74 Å². The van der Waals surface area contributed by atoms with Crippen LogP contribution in [0.2, 0.25) is 0 Å². The summed E-state index contributed by atoms with van der Waals surface area (Å²) >= 11 is 0. The van der Waals surface area contributed by atoms with Crippen molar-refractivity contribution < 1.29 is 9.53 Å². The molecule has 0 bridgehead atoms. The predicted molar refractivity (Wildman–Crippen MR) is 81.3 cm³/mol. The predicted octanol–water partition coefficient (Wildman–Crippen LogP) is 3.10. The van der Waals surface area contributed by atoms with Crippen molar-refractivity contribution >= 4 is 5.78 Å². The molecule has 20 heavy (non-hydrogen) atoms. The first-order valence-corrected chi connectivity index (χ1v) is 7.57. The van der Waals surface area contributed by atoms with Gasteiger partial charge in [0.05, 0.1) is 19.3 Å². The number of ether oxygens (including phenoxy) is 1. The van der Waals surface area contributed by atoms with E-state index in [1.54, 1.807) is 0 Å². The fourth-order valence-electron chi connectivity index (χ4n) is 2.52. The van der Waals surface area contributed by atoms with E-state index in [9.17, 15) is 4.79 Å². The van der Waals surface area contributed by atoms with Crippen molar-refractivity contribution in [1.82, 2.24) is 4.90 Å². The van der Waals surface area contributed by atoms with E-state index >= 15 is 0 Å². The first-order chi connectivity index (χ1) is 9.60. The number of hydrogen-bond acceptors (Lipinski definition) is 3. The quantitative estimate of drug-likeness (QED) is 0.773. The largest absolute Gasteiger partial charge is 0.376 e. The first kappa shape index (κ1) is 15.2. The van der Waals surface area contributed by atoms with Crippen LogP contribution in [0.5, 0.6) is 0 Å². The van der Waals surface area contributed by atoms with E-state index in [4.69, 9.17) is 4.74 Å². The molecule has 1 saturated heterocycles. The molecule has 1 aromatic rings. The molecule has 3 heteroatoms. The molecule has 1 aliphatic rings. The highest BCUT2D eigenvalue weighted by Gasteiger charge is 2.21. The third-order valence-corrected chi connectivity index (χ3v) is 3.94. The molecule has 110 valence electrons. The molecule has 1 unspecified atom stereocenters. The monoisotopic (exact) mass is 275 g/mol. The average Bonchev–Trinajstić information content (AvgIpc) is 2.47. The molecule has 1 aliphatic heterocycles. The van der Waals surface area contributed by atoms with Crippen molar-refractivity contribution in [2.24, 2.45) is 0 Å². The molecule has 1 fully saturated rings. The summed E-state index contributed by atoms with van der Waals surface area (Å²) in [6, 6.07) is 8.03. The zero-order chi connectivity index (χ0) is 14.5. The first-order valence-electron chi connectivity index (χ1n) is 7.57. The topological polar surface area (TPSA) is 29.5 Å². The summed E-state index contributed by atoms with van der Waals surface area (Å²) in [5, 5.41) is 0. The van der Waals surface area contributed by atoms with Crippen LogP contribution in [0, 0.1) is 0 Å². The number of benzene rings is 1. The highest BCUT2D eigenvalue weighted by Crippen LogP contribution is 2.15. The van der Waals surface area contributed by atoms with Crippen LogP contribution < -0.4 is 0 Å². The van der Waals surface area contributed by atoms with Crippen LogP contribution in [0.15, 0.2) is 24.3 Å². The Hall–Kier alpha value is -1.19. The Bertz CT molecular complexity index is 439. The van der Waals surface area contributed by atoms with Gasteiger partial charge in [0, 0.05) is 18.7 Å². The lowest BCUT2D eigenvalue weighted by Crippen LogP contribution is -2.44. The third-order valence-electron chi connectivity index (χ3n) is 3.94. The average molecular weight is 275 g/mol. The summed E-state index contributed by atoms with van der Waals surface area (Å²) < 4.78 is 5.63. The Kier molecular flexibility index (Phi) is 5.32. The maximum absolute atomic E-state index is 12.3. The minimum absolute atomic E-state index is 0.206. The van der Waals surface area contributed by atoms with Gasteiger partial charge >= 0.3 is 0 Å². The Labute approximate surface area is 121 Å². The van der Waals surface area contributed by atoms with Gasteiger partial charge in [0.1, 0.15) is 0 Å². The van der Waals surface area contributed by atoms with Gasteiger partial charge in [-0.1, -0.05) is 45.0 Å². The smallest absolute Gasteiger partial charge is 0.176 e. The summed E-state index contributed by atoms with van der Waals surface area (Å²) in [4.78, 5) is 14.5. The second-order valence-electron chi connectivity index (χ2n) is 5.84. The molecule has 0 aliphatic carbocycles. The lowest BCUT2D eigenvalue weighted by molar-refractivity contribution is -0.0271. The van der Waals surface area contributed by atoms with E-state index < -0.39 is 0 Å². The normalized spacial score (nSPS) is 20.3. The minimum atomic E-state index is 0.206. The maximum atomic E-state index is 12.3. The number of carbonyl (C=O) groups excluding carboxylic acids is 1. The maximum Gasteiger partial charge on any atom is 0.176 e. The fourth-order valence-corrected chi connectivity index (χ4v) is 2.52. The molecule has 3 nitrogen and oxygen atoms in total. The fraction of sp³-hybridized carbons (Fsp3) is 0.588. The second-order valence-corrected chi connectivity index (χ2v) is 5.84. The van der Waals surface area contributed by atoms with Crippen LogP contribution in [0.4, 0.5) is 0 Å². The summed E-state index contributed by atoms with van der Waals surface area (Å²) in [5.74, 6) is 0.709. The van der Waals surface area contributed by atoms with E-state index in [1.165, 1.54) is 5.56 Å². The molecule has 0 amide bonds. The molecule has 1 heterocycles. The van der Waals surface area contributed by atoms with Gasteiger partial charge in [0.15, 0.2) is 5.78 Å². The standard InChI is InChI=1S/C17H25NO2/c1-4-16-11-18(9-10-20-16)12-17(19)15-7-5-14(6-8-15)13(2)3/h5-8,13,16H,4,9-12H2,1-3H3. The van der Waals surface area contributed by atoms with Crippen molar-refractivity contribution in [1.29, 1.82) is 0 Å². The highest BCUT2D eigenvalue weighted by atomic mass is 16.5. The van der Waals surface area contributed by atoms with E-state index in [1.807, 2.05) is 12.1 Å². The van der Waals surface area contributed by atoms with Gasteiger partial charge in [0.2, 0.25) is 0 Å². The number of nitrogens with zero attached hydrogens (tertiary/aromatic N) is 1. The SMILES string of the molecule is CCC1CN(CC(=O)c2ccc(C(C)C)cc2)CCO1. The zero-order valence-electron chi connectivity index (χ0n) is 12.8. The van der Waals surface area contributed by atoms with E-state index in [-0.39, 0.29) is 11.9 Å². The van der Waals surface area contributed by atoms with Gasteiger partial charge in [-0.15, -0.1) is 0 Å². The van der Waals surface area contributed by atoms with E-state index in [0.717, 1.165) is 31.7 Å². The molecule has 0 saturated carbocycles. The van der Waals surface area contributed by atoms with E-state index in [0.29, 0.717) is 12.5 Å².